The largest absolute Gasteiger partial charge is 0.459 e. The van der Waals surface area contributed by atoms with Crippen molar-refractivity contribution in [2.75, 3.05) is 49.1 Å². The van der Waals surface area contributed by atoms with Gasteiger partial charge in [-0.1, -0.05) is 36.3 Å². The molecule has 4 heterocycles. The van der Waals surface area contributed by atoms with Crippen LogP contribution in [0, 0.1) is 5.92 Å². The lowest BCUT2D eigenvalue weighted by Crippen LogP contribution is -2.49. The van der Waals surface area contributed by atoms with Crippen LogP contribution in [-0.4, -0.2) is 61.0 Å². The maximum Gasteiger partial charge on any atom is 0.289 e. The first kappa shape index (κ1) is 22.2. The number of benzene rings is 2. The Bertz CT molecular complexity index is 1510. The Morgan fingerprint density at radius 3 is 2.38 bits per heavy atom. The summed E-state index contributed by atoms with van der Waals surface area (Å²) >= 11 is 0. The van der Waals surface area contributed by atoms with Crippen LogP contribution in [0.5, 0.6) is 0 Å². The molecule has 4 aromatic rings. The lowest BCUT2D eigenvalue weighted by molar-refractivity contribution is 0.0714. The van der Waals surface area contributed by atoms with Crippen molar-refractivity contribution >= 4 is 34.0 Å². The molecule has 2 fully saturated rings. The summed E-state index contributed by atoms with van der Waals surface area (Å²) in [5.74, 6) is 1.65. The predicted molar refractivity (Wildman–Crippen MR) is 140 cm³/mol. The van der Waals surface area contributed by atoms with E-state index >= 15 is 0 Å². The van der Waals surface area contributed by atoms with Crippen LogP contribution in [0.1, 0.15) is 46.2 Å². The third kappa shape index (κ3) is 3.46. The van der Waals surface area contributed by atoms with E-state index in [2.05, 4.69) is 27.9 Å². The Balaban J connectivity index is 1.31. The monoisotopic (exact) mass is 496 g/mol. The summed E-state index contributed by atoms with van der Waals surface area (Å²) in [6.07, 6.45) is 3.72. The highest BCUT2D eigenvalue weighted by Crippen LogP contribution is 2.47. The Kier molecular flexibility index (Phi) is 5.09. The summed E-state index contributed by atoms with van der Waals surface area (Å²) in [5.41, 5.74) is 4.80. The molecule has 3 aliphatic rings. The normalized spacial score (nSPS) is 18.0. The number of anilines is 2. The summed E-state index contributed by atoms with van der Waals surface area (Å²) < 4.78 is 11.3. The highest BCUT2D eigenvalue weighted by Gasteiger charge is 2.36. The number of amides is 1. The van der Waals surface area contributed by atoms with Gasteiger partial charge in [0.2, 0.25) is 0 Å². The molecule has 0 bridgehead atoms. The van der Waals surface area contributed by atoms with Crippen molar-refractivity contribution in [3.8, 4) is 11.3 Å². The van der Waals surface area contributed by atoms with Gasteiger partial charge in [-0.05, 0) is 37.0 Å². The Morgan fingerprint density at radius 1 is 0.919 bits per heavy atom. The number of hydrogen-bond acceptors (Lipinski definition) is 7. The molecule has 8 nitrogen and oxygen atoms in total. The Labute approximate surface area is 214 Å². The Hall–Kier alpha value is -4.07. The number of piperidine rings is 1. The zero-order valence-electron chi connectivity index (χ0n) is 20.8. The second-order valence-electron chi connectivity index (χ2n) is 10.3. The molecule has 2 saturated heterocycles. The zero-order chi connectivity index (χ0) is 25.1. The predicted octanol–water partition coefficient (Wildman–Crippen LogP) is 4.83. The highest BCUT2D eigenvalue weighted by molar-refractivity contribution is 6.28. The molecule has 1 amide bonds. The molecule has 0 N–H and O–H groups in total. The van der Waals surface area contributed by atoms with Gasteiger partial charge in [0.15, 0.2) is 17.3 Å². The van der Waals surface area contributed by atoms with Gasteiger partial charge in [-0.25, -0.2) is 0 Å². The molecule has 8 heteroatoms. The number of nitrogens with zero attached hydrogens (tertiary/aromatic N) is 4. The average molecular weight is 497 g/mol. The third-order valence-electron chi connectivity index (χ3n) is 8.12. The van der Waals surface area contributed by atoms with Gasteiger partial charge < -0.3 is 23.6 Å². The minimum atomic E-state index is -0.0893. The maximum atomic E-state index is 13.9. The third-order valence-corrected chi connectivity index (χ3v) is 8.12. The number of rotatable bonds is 3. The zero-order valence-corrected chi connectivity index (χ0v) is 20.8. The van der Waals surface area contributed by atoms with E-state index in [-0.39, 0.29) is 11.7 Å². The summed E-state index contributed by atoms with van der Waals surface area (Å²) in [5, 5.41) is 5.32. The van der Waals surface area contributed by atoms with Gasteiger partial charge in [0, 0.05) is 50.4 Å². The van der Waals surface area contributed by atoms with Crippen LogP contribution in [0.2, 0.25) is 0 Å². The average Bonchev–Trinajstić information content (AvgIpc) is 3.63. The fraction of sp³-hybridized carbons (Fsp3) is 0.345. The number of aromatic nitrogens is 1. The molecule has 188 valence electrons. The van der Waals surface area contributed by atoms with E-state index in [4.69, 9.17) is 8.94 Å². The van der Waals surface area contributed by atoms with Crippen LogP contribution in [0.4, 0.5) is 11.4 Å². The second kappa shape index (κ2) is 8.50. The summed E-state index contributed by atoms with van der Waals surface area (Å²) in [6, 6.07) is 13.2. The van der Waals surface area contributed by atoms with Gasteiger partial charge in [-0.2, -0.15) is 0 Å². The maximum absolute atomic E-state index is 13.9. The van der Waals surface area contributed by atoms with Crippen molar-refractivity contribution in [3.05, 3.63) is 65.6 Å². The van der Waals surface area contributed by atoms with Gasteiger partial charge in [0.25, 0.3) is 5.91 Å². The van der Waals surface area contributed by atoms with Crippen molar-refractivity contribution in [3.63, 3.8) is 0 Å². The van der Waals surface area contributed by atoms with E-state index < -0.39 is 0 Å². The van der Waals surface area contributed by atoms with E-state index in [1.54, 1.807) is 12.1 Å². The van der Waals surface area contributed by atoms with E-state index in [1.165, 1.54) is 6.26 Å². The molecule has 37 heavy (non-hydrogen) atoms. The van der Waals surface area contributed by atoms with Crippen LogP contribution < -0.4 is 9.80 Å². The van der Waals surface area contributed by atoms with Crippen LogP contribution in [0.25, 0.3) is 22.2 Å². The minimum Gasteiger partial charge on any atom is -0.459 e. The van der Waals surface area contributed by atoms with Crippen molar-refractivity contribution in [1.82, 2.24) is 10.1 Å². The van der Waals surface area contributed by atoms with Crippen molar-refractivity contribution in [2.45, 2.75) is 19.8 Å². The summed E-state index contributed by atoms with van der Waals surface area (Å²) in [4.78, 5) is 33.1. The first-order valence-corrected chi connectivity index (χ1v) is 13.0. The molecule has 7 rings (SSSR count). The number of fused-ring (bicyclic) bond motifs is 2. The lowest BCUT2D eigenvalue weighted by Gasteiger charge is -2.38. The summed E-state index contributed by atoms with van der Waals surface area (Å²) in [7, 11) is 0. The molecular weight excluding hydrogens is 468 g/mol. The fourth-order valence-corrected chi connectivity index (χ4v) is 5.97. The van der Waals surface area contributed by atoms with Crippen molar-refractivity contribution in [2.24, 2.45) is 5.92 Å². The van der Waals surface area contributed by atoms with Crippen LogP contribution in [0.15, 0.2) is 57.7 Å². The van der Waals surface area contributed by atoms with Gasteiger partial charge in [0.1, 0.15) is 5.52 Å². The molecule has 2 aromatic heterocycles. The number of carbonyl (C=O) groups is 2. The molecule has 2 aliphatic heterocycles. The lowest BCUT2D eigenvalue weighted by atomic mass is 9.85. The van der Waals surface area contributed by atoms with Crippen LogP contribution in [0.3, 0.4) is 0 Å². The van der Waals surface area contributed by atoms with Crippen molar-refractivity contribution < 1.29 is 18.5 Å². The number of ketones is 1. The minimum absolute atomic E-state index is 0.0327. The number of furan rings is 1. The van der Waals surface area contributed by atoms with Gasteiger partial charge in [-0.3, -0.25) is 9.59 Å². The number of hydrogen-bond donors (Lipinski definition) is 0. The molecule has 0 spiro atoms. The molecule has 0 unspecified atom stereocenters. The van der Waals surface area contributed by atoms with Crippen LogP contribution >= 0.6 is 0 Å². The highest BCUT2D eigenvalue weighted by atomic mass is 16.5. The number of carbonyl (C=O) groups excluding carboxylic acids is 2. The smallest absolute Gasteiger partial charge is 0.289 e. The summed E-state index contributed by atoms with van der Waals surface area (Å²) in [6.45, 7) is 6.59. The van der Waals surface area contributed by atoms with Crippen LogP contribution in [-0.2, 0) is 0 Å². The fourth-order valence-electron chi connectivity index (χ4n) is 5.97. The Morgan fingerprint density at radius 2 is 1.65 bits per heavy atom. The van der Waals surface area contributed by atoms with E-state index in [1.807, 2.05) is 29.2 Å². The van der Waals surface area contributed by atoms with Crippen molar-refractivity contribution in [1.29, 1.82) is 0 Å². The SMILES string of the molecule is CC1CCN(c2cc(N3CCN(C(=O)c4ccco4)CC3)c3noc4c3c2C(=O)c2ccccc2-4)CC1. The van der Waals surface area contributed by atoms with E-state index in [9.17, 15) is 9.59 Å². The van der Waals surface area contributed by atoms with Gasteiger partial charge in [0.05, 0.1) is 28.6 Å². The first-order valence-electron chi connectivity index (χ1n) is 13.0. The molecule has 0 radical (unpaired) electrons. The van der Waals surface area contributed by atoms with E-state index in [0.29, 0.717) is 60.3 Å². The number of piperazine rings is 1. The molecule has 0 atom stereocenters. The van der Waals surface area contributed by atoms with E-state index in [0.717, 1.165) is 48.3 Å². The standard InChI is InChI=1S/C29H28N4O4/c1-18-8-10-31(11-9-18)21-17-22(32-12-14-33(15-13-32)29(35)23-7-4-16-36-23)26-25-24(21)27(34)19-5-2-3-6-20(19)28(25)37-30-26/h2-7,16-18H,8-15H2,1H3. The molecule has 0 saturated carbocycles. The second-order valence-corrected chi connectivity index (χ2v) is 10.3. The van der Waals surface area contributed by atoms with Gasteiger partial charge in [-0.15, -0.1) is 0 Å². The van der Waals surface area contributed by atoms with Gasteiger partial charge >= 0.3 is 0 Å². The molecule has 1 aliphatic carbocycles. The first-order chi connectivity index (χ1) is 18.1. The molecular formula is C29H28N4O4. The topological polar surface area (TPSA) is 83.0 Å². The quantitative estimate of drug-likeness (QED) is 0.354. The molecule has 2 aromatic carbocycles.